The molecule has 0 rings (SSSR count). The zero-order valence-corrected chi connectivity index (χ0v) is 38.9. The summed E-state index contributed by atoms with van der Waals surface area (Å²) in [4.78, 5) is 50.3. The summed E-state index contributed by atoms with van der Waals surface area (Å²) in [5.74, 6) is -1.60. The third kappa shape index (κ3) is 40.5. The Morgan fingerprint density at radius 1 is 0.475 bits per heavy atom. The van der Waals surface area contributed by atoms with Crippen molar-refractivity contribution in [2.45, 2.75) is 233 Å². The van der Waals surface area contributed by atoms with Gasteiger partial charge in [-0.05, 0) is 78.1 Å². The predicted octanol–water partition coefficient (Wildman–Crippen LogP) is 11.1. The Hall–Kier alpha value is -2.72. The molecule has 344 valence electrons. The second-order valence-corrected chi connectivity index (χ2v) is 16.7. The van der Waals surface area contributed by atoms with Crippen LogP contribution in [0.5, 0.6) is 0 Å². The first-order valence-electron chi connectivity index (χ1n) is 24.3. The molecule has 0 heterocycles. The molecule has 59 heavy (non-hydrogen) atoms. The van der Waals surface area contributed by atoms with Crippen molar-refractivity contribution in [2.24, 2.45) is 0 Å². The molecule has 0 aromatic carbocycles. The first kappa shape index (κ1) is 56.3. The van der Waals surface area contributed by atoms with Crippen LogP contribution in [-0.4, -0.2) is 68.3 Å². The van der Waals surface area contributed by atoms with Crippen LogP contribution in [0, 0.1) is 0 Å². The van der Waals surface area contributed by atoms with Gasteiger partial charge >= 0.3 is 0 Å². The number of hydrogen-bond acceptors (Lipinski definition) is 6. The lowest BCUT2D eigenvalue weighted by molar-refractivity contribution is -0.211. The lowest BCUT2D eigenvalue weighted by Crippen LogP contribution is -2.53. The average Bonchev–Trinajstić information content (AvgIpc) is 3.22. The van der Waals surface area contributed by atoms with E-state index in [9.17, 15) is 19.2 Å². The van der Waals surface area contributed by atoms with Gasteiger partial charge in [0.05, 0.1) is 13.2 Å². The molecule has 1 unspecified atom stereocenters. The van der Waals surface area contributed by atoms with Crippen LogP contribution in [0.4, 0.5) is 0 Å². The number of allylic oxidation sites excluding steroid dienone is 4. The largest absolute Gasteiger partial charge is 0.354 e. The second kappa shape index (κ2) is 42.0. The SMILES string of the molecule is CCCCCCCC=CCCCCCCCC(=O)NCC(NC(=O)CCCCCCCC=CCCCCCCCCC)C(=O)NCCOC(C)(C)OCCNC(=O)CC. The van der Waals surface area contributed by atoms with E-state index >= 15 is 0 Å². The molecule has 0 aliphatic rings. The van der Waals surface area contributed by atoms with Crippen LogP contribution in [0.3, 0.4) is 0 Å². The average molecular weight is 833 g/mol. The predicted molar refractivity (Wildman–Crippen MR) is 246 cm³/mol. The summed E-state index contributed by atoms with van der Waals surface area (Å²) in [6.45, 7) is 11.0. The quantitative estimate of drug-likeness (QED) is 0.0274. The van der Waals surface area contributed by atoms with E-state index in [2.05, 4.69) is 59.4 Å². The molecule has 0 aliphatic carbocycles. The Bertz CT molecular complexity index is 1080. The molecule has 0 aliphatic heterocycles. The fourth-order valence-corrected chi connectivity index (χ4v) is 6.74. The Kier molecular flexibility index (Phi) is 40.1. The Labute approximate surface area is 362 Å². The molecule has 1 atom stereocenters. The lowest BCUT2D eigenvalue weighted by Gasteiger charge is -2.26. The van der Waals surface area contributed by atoms with Gasteiger partial charge in [-0.25, -0.2) is 0 Å². The zero-order valence-electron chi connectivity index (χ0n) is 38.9. The summed E-state index contributed by atoms with van der Waals surface area (Å²) in [6, 6.07) is -0.880. The monoisotopic (exact) mass is 833 g/mol. The molecule has 10 nitrogen and oxygen atoms in total. The smallest absolute Gasteiger partial charge is 0.244 e. The number of unbranched alkanes of at least 4 members (excludes halogenated alkanes) is 22. The van der Waals surface area contributed by atoms with Crippen molar-refractivity contribution in [1.29, 1.82) is 0 Å². The van der Waals surface area contributed by atoms with E-state index in [1.807, 2.05) is 0 Å². The third-order valence-electron chi connectivity index (χ3n) is 10.5. The Morgan fingerprint density at radius 2 is 0.864 bits per heavy atom. The van der Waals surface area contributed by atoms with Crippen molar-refractivity contribution in [1.82, 2.24) is 21.3 Å². The molecule has 0 fully saturated rings. The fourth-order valence-electron chi connectivity index (χ4n) is 6.74. The zero-order chi connectivity index (χ0) is 43.5. The number of carbonyl (C=O) groups is 4. The van der Waals surface area contributed by atoms with Gasteiger partial charge in [0, 0.05) is 38.9 Å². The van der Waals surface area contributed by atoms with Gasteiger partial charge in [0.25, 0.3) is 0 Å². The molecule has 0 spiro atoms. The summed E-state index contributed by atoms with van der Waals surface area (Å²) in [5, 5.41) is 11.4. The maximum atomic E-state index is 13.2. The van der Waals surface area contributed by atoms with Crippen LogP contribution in [0.25, 0.3) is 0 Å². The molecular formula is C49H92N4O6. The summed E-state index contributed by atoms with van der Waals surface area (Å²) in [7, 11) is 0. The van der Waals surface area contributed by atoms with Crippen molar-refractivity contribution in [3.05, 3.63) is 24.3 Å². The third-order valence-corrected chi connectivity index (χ3v) is 10.5. The maximum absolute atomic E-state index is 13.2. The van der Waals surface area contributed by atoms with Crippen molar-refractivity contribution in [2.75, 3.05) is 32.8 Å². The van der Waals surface area contributed by atoms with Crippen molar-refractivity contribution in [3.8, 4) is 0 Å². The van der Waals surface area contributed by atoms with Crippen LogP contribution < -0.4 is 21.3 Å². The number of rotatable bonds is 43. The summed E-state index contributed by atoms with van der Waals surface area (Å²) in [6.07, 6.45) is 41.5. The number of nitrogens with one attached hydrogen (secondary N) is 4. The van der Waals surface area contributed by atoms with Gasteiger partial charge in [-0.2, -0.15) is 0 Å². The van der Waals surface area contributed by atoms with E-state index in [-0.39, 0.29) is 43.3 Å². The Balaban J connectivity index is 4.55. The molecule has 4 amide bonds. The standard InChI is InChI=1S/C49H92N4O6/c1-6-9-11-13-15-17-19-21-23-24-26-28-30-32-34-36-38-47(56)53-44(48(57)51-40-42-59-49(4,5)58-41-39-50-45(54)8-3)43-52-46(55)37-35-33-31-29-27-25-22-20-18-16-14-12-10-7-2/h20,22-24,44H,6-19,21,25-43H2,1-5H3,(H,50,54)(H,51,57)(H,52,55)(H,53,56). The first-order chi connectivity index (χ1) is 28.6. The summed E-state index contributed by atoms with van der Waals surface area (Å²) < 4.78 is 11.5. The summed E-state index contributed by atoms with van der Waals surface area (Å²) >= 11 is 0. The van der Waals surface area contributed by atoms with Crippen LogP contribution in [0.2, 0.25) is 0 Å². The van der Waals surface area contributed by atoms with E-state index in [1.165, 1.54) is 103 Å². The molecule has 0 aromatic rings. The van der Waals surface area contributed by atoms with Gasteiger partial charge in [0.15, 0.2) is 5.79 Å². The molecule has 0 radical (unpaired) electrons. The van der Waals surface area contributed by atoms with Gasteiger partial charge in [-0.3, -0.25) is 19.2 Å². The first-order valence-corrected chi connectivity index (χ1v) is 24.3. The molecule has 0 bridgehead atoms. The van der Waals surface area contributed by atoms with Crippen molar-refractivity contribution >= 4 is 23.6 Å². The number of amides is 4. The van der Waals surface area contributed by atoms with Gasteiger partial charge in [0.2, 0.25) is 23.6 Å². The number of ether oxygens (including phenoxy) is 2. The Morgan fingerprint density at radius 3 is 1.31 bits per heavy atom. The summed E-state index contributed by atoms with van der Waals surface area (Å²) in [5.41, 5.74) is 0. The van der Waals surface area contributed by atoms with E-state index in [0.717, 1.165) is 64.2 Å². The fraction of sp³-hybridized carbons (Fsp3) is 0.837. The van der Waals surface area contributed by atoms with Gasteiger partial charge in [0.1, 0.15) is 6.04 Å². The molecule has 10 heteroatoms. The van der Waals surface area contributed by atoms with Crippen LogP contribution >= 0.6 is 0 Å². The number of carbonyl (C=O) groups excluding carboxylic acids is 4. The van der Waals surface area contributed by atoms with Gasteiger partial charge in [-0.1, -0.05) is 148 Å². The lowest BCUT2D eigenvalue weighted by atomic mass is 10.1. The van der Waals surface area contributed by atoms with Gasteiger partial charge in [-0.15, -0.1) is 0 Å². The normalized spacial score (nSPS) is 12.3. The molecule has 0 aromatic heterocycles. The molecule has 0 saturated heterocycles. The van der Waals surface area contributed by atoms with Crippen molar-refractivity contribution < 1.29 is 28.7 Å². The maximum Gasteiger partial charge on any atom is 0.244 e. The van der Waals surface area contributed by atoms with E-state index in [1.54, 1.807) is 20.8 Å². The van der Waals surface area contributed by atoms with Gasteiger partial charge < -0.3 is 30.7 Å². The van der Waals surface area contributed by atoms with Crippen LogP contribution in [0.15, 0.2) is 24.3 Å². The van der Waals surface area contributed by atoms with E-state index in [0.29, 0.717) is 32.4 Å². The van der Waals surface area contributed by atoms with E-state index in [4.69, 9.17) is 9.47 Å². The van der Waals surface area contributed by atoms with Crippen molar-refractivity contribution in [3.63, 3.8) is 0 Å². The molecule has 0 saturated carbocycles. The highest BCUT2D eigenvalue weighted by molar-refractivity contribution is 5.88. The topological polar surface area (TPSA) is 135 Å². The highest BCUT2D eigenvalue weighted by Crippen LogP contribution is 2.13. The van der Waals surface area contributed by atoms with Crippen LogP contribution in [-0.2, 0) is 28.7 Å². The second-order valence-electron chi connectivity index (χ2n) is 16.7. The van der Waals surface area contributed by atoms with E-state index < -0.39 is 11.8 Å². The minimum atomic E-state index is -0.906. The highest BCUT2D eigenvalue weighted by atomic mass is 16.7. The minimum Gasteiger partial charge on any atom is -0.354 e. The molecular weight excluding hydrogens is 741 g/mol. The number of hydrogen-bond donors (Lipinski definition) is 4. The highest BCUT2D eigenvalue weighted by Gasteiger charge is 2.23. The minimum absolute atomic E-state index is 0.0345. The molecule has 4 N–H and O–H groups in total. The van der Waals surface area contributed by atoms with Crippen LogP contribution in [0.1, 0.15) is 221 Å².